The van der Waals surface area contributed by atoms with Crippen LogP contribution in [0.5, 0.6) is 5.75 Å². The van der Waals surface area contributed by atoms with E-state index in [0.717, 1.165) is 12.0 Å². The molecule has 2 rings (SSSR count). The quantitative estimate of drug-likeness (QED) is 0.847. The smallest absolute Gasteiger partial charge is 0.355 e. The van der Waals surface area contributed by atoms with Gasteiger partial charge in [-0.2, -0.15) is 0 Å². The van der Waals surface area contributed by atoms with E-state index in [-0.39, 0.29) is 17.0 Å². The van der Waals surface area contributed by atoms with Gasteiger partial charge < -0.3 is 14.6 Å². The van der Waals surface area contributed by atoms with E-state index in [4.69, 9.17) is 4.74 Å². The highest BCUT2D eigenvalue weighted by Crippen LogP contribution is 2.45. The number of carbonyl (C=O) groups excluding carboxylic acids is 2. The lowest BCUT2D eigenvalue weighted by Crippen LogP contribution is -2.35. The fourth-order valence-electron chi connectivity index (χ4n) is 2.60. The fraction of sp³-hybridized carbons (Fsp3) is 0.312. The topological polar surface area (TPSA) is 93.1 Å². The summed E-state index contributed by atoms with van der Waals surface area (Å²) in [5.74, 6) is -2.45. The van der Waals surface area contributed by atoms with Crippen LogP contribution in [0.25, 0.3) is 0 Å². The first-order valence-electron chi connectivity index (χ1n) is 6.81. The van der Waals surface area contributed by atoms with Crippen LogP contribution in [-0.2, 0) is 19.1 Å². The van der Waals surface area contributed by atoms with E-state index in [1.54, 1.807) is 24.3 Å². The molecule has 0 aromatic heterocycles. The predicted molar refractivity (Wildman–Crippen MR) is 80.9 cm³/mol. The van der Waals surface area contributed by atoms with Crippen molar-refractivity contribution in [3.63, 3.8) is 0 Å². The number of aliphatic carboxylic acids is 1. The molecule has 1 aliphatic rings. The minimum absolute atomic E-state index is 0.282. The van der Waals surface area contributed by atoms with Crippen LogP contribution in [0, 0.1) is 5.41 Å². The lowest BCUT2D eigenvalue weighted by atomic mass is 9.85. The molecule has 23 heavy (non-hydrogen) atoms. The Bertz CT molecular complexity index is 719. The van der Waals surface area contributed by atoms with Gasteiger partial charge in [0.25, 0.3) is 0 Å². The molecule has 7 heteroatoms. The number of hydrogen-bond donors (Lipinski definition) is 1. The number of esters is 1. The summed E-state index contributed by atoms with van der Waals surface area (Å²) in [6.45, 7) is 2.91. The van der Waals surface area contributed by atoms with Crippen molar-refractivity contribution in [2.75, 3.05) is 19.1 Å². The molecule has 1 heterocycles. The Morgan fingerprint density at radius 3 is 2.30 bits per heavy atom. The Morgan fingerprint density at radius 1 is 1.17 bits per heavy atom. The number of nitrogens with zero attached hydrogens (tertiary/aromatic N) is 1. The third-order valence-corrected chi connectivity index (χ3v) is 3.74. The van der Waals surface area contributed by atoms with Crippen molar-refractivity contribution in [2.24, 2.45) is 5.41 Å². The Balaban J connectivity index is 2.78. The SMILES string of the molecule is COC(=O)C1=C(C(=O)O)C(C)(C)C(=O)N1c1ccccc1OC. The minimum atomic E-state index is -1.38. The number of rotatable bonds is 4. The molecule has 0 aliphatic carbocycles. The highest BCUT2D eigenvalue weighted by molar-refractivity contribution is 6.20. The molecular weight excluding hydrogens is 302 g/mol. The molecule has 0 atom stereocenters. The van der Waals surface area contributed by atoms with Gasteiger partial charge in [0, 0.05) is 0 Å². The molecule has 1 aromatic rings. The number of benzene rings is 1. The van der Waals surface area contributed by atoms with Crippen molar-refractivity contribution >= 4 is 23.5 Å². The van der Waals surface area contributed by atoms with Crippen molar-refractivity contribution in [3.05, 3.63) is 35.5 Å². The standard InChI is InChI=1S/C16H17NO6/c1-16(2)11(13(18)19)12(14(20)23-4)17(15(16)21)9-7-5-6-8-10(9)22-3/h5-8H,1-4H3,(H,18,19). The number of ether oxygens (including phenoxy) is 2. The van der Waals surface area contributed by atoms with Crippen LogP contribution in [0.1, 0.15) is 13.8 Å². The average Bonchev–Trinajstić information content (AvgIpc) is 2.73. The van der Waals surface area contributed by atoms with Crippen molar-refractivity contribution in [3.8, 4) is 5.75 Å². The van der Waals surface area contributed by atoms with Gasteiger partial charge >= 0.3 is 11.9 Å². The summed E-state index contributed by atoms with van der Waals surface area (Å²) >= 11 is 0. The molecule has 1 amide bonds. The first-order valence-corrected chi connectivity index (χ1v) is 6.81. The van der Waals surface area contributed by atoms with Gasteiger partial charge in [-0.1, -0.05) is 12.1 Å². The second kappa shape index (κ2) is 5.75. The van der Waals surface area contributed by atoms with Gasteiger partial charge in [-0.3, -0.25) is 9.69 Å². The van der Waals surface area contributed by atoms with Crippen LogP contribution in [0.4, 0.5) is 5.69 Å². The van der Waals surface area contributed by atoms with E-state index in [2.05, 4.69) is 4.74 Å². The van der Waals surface area contributed by atoms with E-state index < -0.39 is 23.3 Å². The lowest BCUT2D eigenvalue weighted by Gasteiger charge is -2.23. The molecule has 0 saturated heterocycles. The average molecular weight is 319 g/mol. The number of carboxylic acid groups (broad SMARTS) is 1. The number of para-hydroxylation sites is 2. The molecule has 0 bridgehead atoms. The molecule has 0 spiro atoms. The highest BCUT2D eigenvalue weighted by Gasteiger charge is 2.52. The van der Waals surface area contributed by atoms with Gasteiger partial charge in [0.1, 0.15) is 11.4 Å². The summed E-state index contributed by atoms with van der Waals surface area (Å²) in [5.41, 5.74) is -1.71. The third kappa shape index (κ3) is 2.44. The van der Waals surface area contributed by atoms with Crippen molar-refractivity contribution < 1.29 is 29.0 Å². The molecule has 122 valence electrons. The third-order valence-electron chi connectivity index (χ3n) is 3.74. The zero-order valence-electron chi connectivity index (χ0n) is 13.2. The summed E-state index contributed by atoms with van der Waals surface area (Å²) in [4.78, 5) is 37.7. The van der Waals surface area contributed by atoms with Crippen LogP contribution >= 0.6 is 0 Å². The van der Waals surface area contributed by atoms with Crippen molar-refractivity contribution in [1.29, 1.82) is 0 Å². The predicted octanol–water partition coefficient (Wildman–Crippen LogP) is 1.58. The maximum Gasteiger partial charge on any atom is 0.355 e. The van der Waals surface area contributed by atoms with Crippen LogP contribution in [0.2, 0.25) is 0 Å². The van der Waals surface area contributed by atoms with Gasteiger partial charge in [-0.05, 0) is 26.0 Å². The molecule has 1 N–H and O–H groups in total. The van der Waals surface area contributed by atoms with E-state index >= 15 is 0 Å². The van der Waals surface area contributed by atoms with Crippen molar-refractivity contribution in [1.82, 2.24) is 0 Å². The first kappa shape index (κ1) is 16.5. The number of carbonyl (C=O) groups is 3. The Hall–Kier alpha value is -2.83. The van der Waals surface area contributed by atoms with E-state index in [9.17, 15) is 19.5 Å². The number of carboxylic acids is 1. The van der Waals surface area contributed by atoms with Crippen LogP contribution in [0.15, 0.2) is 35.5 Å². The Kier molecular flexibility index (Phi) is 4.14. The van der Waals surface area contributed by atoms with Gasteiger partial charge in [-0.25, -0.2) is 9.59 Å². The molecule has 0 saturated carbocycles. The molecule has 0 unspecified atom stereocenters. The molecule has 1 aliphatic heterocycles. The van der Waals surface area contributed by atoms with Crippen LogP contribution in [0.3, 0.4) is 0 Å². The molecule has 7 nitrogen and oxygen atoms in total. The summed E-state index contributed by atoms with van der Waals surface area (Å²) in [5, 5.41) is 9.50. The maximum absolute atomic E-state index is 12.8. The molecule has 0 radical (unpaired) electrons. The lowest BCUT2D eigenvalue weighted by molar-refractivity contribution is -0.138. The van der Waals surface area contributed by atoms with E-state index in [0.29, 0.717) is 5.75 Å². The van der Waals surface area contributed by atoms with Crippen LogP contribution < -0.4 is 9.64 Å². The van der Waals surface area contributed by atoms with Gasteiger partial charge in [0.05, 0.1) is 30.9 Å². The minimum Gasteiger partial charge on any atom is -0.495 e. The summed E-state index contributed by atoms with van der Waals surface area (Å²) in [6.07, 6.45) is 0. The number of anilines is 1. The molecule has 1 aromatic carbocycles. The normalized spacial score (nSPS) is 16.5. The summed E-state index contributed by atoms with van der Waals surface area (Å²) in [6, 6.07) is 6.54. The first-order chi connectivity index (χ1) is 10.8. The Morgan fingerprint density at radius 2 is 1.78 bits per heavy atom. The number of methoxy groups -OCH3 is 2. The zero-order chi connectivity index (χ0) is 17.4. The number of amides is 1. The van der Waals surface area contributed by atoms with Crippen molar-refractivity contribution in [2.45, 2.75) is 13.8 Å². The largest absolute Gasteiger partial charge is 0.495 e. The molecular formula is C16H17NO6. The van der Waals surface area contributed by atoms with Gasteiger partial charge in [0.15, 0.2) is 0 Å². The van der Waals surface area contributed by atoms with E-state index in [1.807, 2.05) is 0 Å². The van der Waals surface area contributed by atoms with E-state index in [1.165, 1.54) is 21.0 Å². The maximum atomic E-state index is 12.8. The van der Waals surface area contributed by atoms with Gasteiger partial charge in [0.2, 0.25) is 5.91 Å². The second-order valence-corrected chi connectivity index (χ2v) is 5.46. The number of hydrogen-bond acceptors (Lipinski definition) is 5. The van der Waals surface area contributed by atoms with Crippen LogP contribution in [-0.4, -0.2) is 37.2 Å². The Labute approximate surface area is 133 Å². The summed E-state index contributed by atoms with van der Waals surface area (Å²) < 4.78 is 9.90. The fourth-order valence-corrected chi connectivity index (χ4v) is 2.60. The highest BCUT2D eigenvalue weighted by atomic mass is 16.5. The molecule has 0 fully saturated rings. The monoisotopic (exact) mass is 319 g/mol. The zero-order valence-corrected chi connectivity index (χ0v) is 13.2. The second-order valence-electron chi connectivity index (χ2n) is 5.46. The summed E-state index contributed by atoms with van der Waals surface area (Å²) in [7, 11) is 2.55. The van der Waals surface area contributed by atoms with Gasteiger partial charge in [-0.15, -0.1) is 0 Å².